The van der Waals surface area contributed by atoms with Crippen molar-refractivity contribution in [2.24, 2.45) is 0 Å². The van der Waals surface area contributed by atoms with E-state index in [1.54, 1.807) is 13.1 Å². The third-order valence-corrected chi connectivity index (χ3v) is 4.52. The SMILES string of the molecule is CCOC(=O)c1cc(-c2ccnn2CC)n(C2CCOC(C)(C)C2)n1. The summed E-state index contributed by atoms with van der Waals surface area (Å²) in [7, 11) is 0. The van der Waals surface area contributed by atoms with Gasteiger partial charge in [0.1, 0.15) is 0 Å². The van der Waals surface area contributed by atoms with Crippen LogP contribution in [0, 0.1) is 0 Å². The Morgan fingerprint density at radius 2 is 2.20 bits per heavy atom. The fourth-order valence-corrected chi connectivity index (χ4v) is 3.38. The molecule has 0 amide bonds. The van der Waals surface area contributed by atoms with Gasteiger partial charge in [0.2, 0.25) is 0 Å². The van der Waals surface area contributed by atoms with Crippen LogP contribution >= 0.6 is 0 Å². The van der Waals surface area contributed by atoms with Crippen LogP contribution in [0.2, 0.25) is 0 Å². The van der Waals surface area contributed by atoms with E-state index >= 15 is 0 Å². The molecule has 0 aromatic carbocycles. The third kappa shape index (κ3) is 3.61. The van der Waals surface area contributed by atoms with E-state index in [9.17, 15) is 4.79 Å². The molecule has 2 aromatic heterocycles. The monoisotopic (exact) mass is 346 g/mol. The highest BCUT2D eigenvalue weighted by Gasteiger charge is 2.32. The number of carbonyl (C=O) groups excluding carboxylic acids is 1. The van der Waals surface area contributed by atoms with Gasteiger partial charge in [0, 0.05) is 25.4 Å². The molecule has 0 aliphatic carbocycles. The molecule has 3 heterocycles. The summed E-state index contributed by atoms with van der Waals surface area (Å²) in [5.41, 5.74) is 1.98. The summed E-state index contributed by atoms with van der Waals surface area (Å²) < 4.78 is 14.8. The largest absolute Gasteiger partial charge is 0.461 e. The van der Waals surface area contributed by atoms with Crippen molar-refractivity contribution in [3.63, 3.8) is 0 Å². The Balaban J connectivity index is 2.04. The Labute approximate surface area is 147 Å². The number of aromatic nitrogens is 4. The van der Waals surface area contributed by atoms with Gasteiger partial charge < -0.3 is 9.47 Å². The molecule has 2 aromatic rings. The lowest BCUT2D eigenvalue weighted by atomic mass is 9.94. The molecule has 1 aliphatic rings. The lowest BCUT2D eigenvalue weighted by molar-refractivity contribution is -0.0705. The Hall–Kier alpha value is -2.15. The quantitative estimate of drug-likeness (QED) is 0.778. The van der Waals surface area contributed by atoms with E-state index < -0.39 is 5.97 Å². The molecule has 1 atom stereocenters. The van der Waals surface area contributed by atoms with Crippen molar-refractivity contribution < 1.29 is 14.3 Å². The zero-order valence-electron chi connectivity index (χ0n) is 15.4. The van der Waals surface area contributed by atoms with Crippen molar-refractivity contribution in [1.29, 1.82) is 0 Å². The standard InChI is InChI=1S/C18H26N4O3/c1-5-21-15(7-9-19-21)16-11-14(17(23)24-6-2)20-22(16)13-8-10-25-18(3,4)12-13/h7,9,11,13H,5-6,8,10,12H2,1-4H3. The molecule has 1 fully saturated rings. The third-order valence-electron chi connectivity index (χ3n) is 4.52. The Morgan fingerprint density at radius 1 is 1.40 bits per heavy atom. The van der Waals surface area contributed by atoms with Crippen molar-refractivity contribution in [3.05, 3.63) is 24.0 Å². The molecule has 0 radical (unpaired) electrons. The van der Waals surface area contributed by atoms with Crippen LogP contribution in [-0.2, 0) is 16.0 Å². The van der Waals surface area contributed by atoms with Gasteiger partial charge in [-0.05, 0) is 46.6 Å². The predicted octanol–water partition coefficient (Wildman–Crippen LogP) is 3.07. The highest BCUT2D eigenvalue weighted by atomic mass is 16.5. The summed E-state index contributed by atoms with van der Waals surface area (Å²) >= 11 is 0. The Morgan fingerprint density at radius 3 is 2.88 bits per heavy atom. The first-order valence-corrected chi connectivity index (χ1v) is 8.88. The Bertz CT molecular complexity index is 747. The number of ether oxygens (including phenoxy) is 2. The maximum atomic E-state index is 12.2. The number of hydrogen-bond acceptors (Lipinski definition) is 5. The van der Waals surface area contributed by atoms with E-state index in [1.165, 1.54) is 0 Å². The molecule has 0 saturated carbocycles. The Kier molecular flexibility index (Phi) is 4.94. The van der Waals surface area contributed by atoms with E-state index in [2.05, 4.69) is 24.0 Å². The minimum absolute atomic E-state index is 0.169. The lowest BCUT2D eigenvalue weighted by Crippen LogP contribution is -2.35. The van der Waals surface area contributed by atoms with Crippen molar-refractivity contribution >= 4 is 5.97 Å². The maximum Gasteiger partial charge on any atom is 0.358 e. The van der Waals surface area contributed by atoms with E-state index in [1.807, 2.05) is 28.4 Å². The number of nitrogens with zero attached hydrogens (tertiary/aromatic N) is 4. The van der Waals surface area contributed by atoms with Crippen molar-refractivity contribution in [2.75, 3.05) is 13.2 Å². The number of esters is 1. The molecule has 1 unspecified atom stereocenters. The van der Waals surface area contributed by atoms with Crippen LogP contribution in [0.3, 0.4) is 0 Å². The topological polar surface area (TPSA) is 71.2 Å². The van der Waals surface area contributed by atoms with E-state index in [-0.39, 0.29) is 11.6 Å². The molecule has 0 N–H and O–H groups in total. The zero-order chi connectivity index (χ0) is 18.0. The predicted molar refractivity (Wildman–Crippen MR) is 93.4 cm³/mol. The molecule has 1 saturated heterocycles. The fraction of sp³-hybridized carbons (Fsp3) is 0.611. The molecule has 1 aliphatic heterocycles. The molecule has 7 nitrogen and oxygen atoms in total. The van der Waals surface area contributed by atoms with Crippen LogP contribution in [0.5, 0.6) is 0 Å². The average molecular weight is 346 g/mol. The summed E-state index contributed by atoms with van der Waals surface area (Å²) in [5, 5.41) is 8.95. The summed E-state index contributed by atoms with van der Waals surface area (Å²) in [5.74, 6) is -0.392. The van der Waals surface area contributed by atoms with Gasteiger partial charge in [-0.3, -0.25) is 9.36 Å². The average Bonchev–Trinajstić information content (AvgIpc) is 3.20. The van der Waals surface area contributed by atoms with E-state index in [0.29, 0.717) is 18.9 Å². The maximum absolute atomic E-state index is 12.2. The van der Waals surface area contributed by atoms with Gasteiger partial charge in [-0.25, -0.2) is 4.79 Å². The minimum atomic E-state index is -0.392. The van der Waals surface area contributed by atoms with Gasteiger partial charge in [-0.1, -0.05) is 0 Å². The van der Waals surface area contributed by atoms with Gasteiger partial charge in [-0.2, -0.15) is 10.2 Å². The molecular formula is C18H26N4O3. The van der Waals surface area contributed by atoms with Gasteiger partial charge in [0.15, 0.2) is 5.69 Å². The smallest absolute Gasteiger partial charge is 0.358 e. The summed E-state index contributed by atoms with van der Waals surface area (Å²) in [6.45, 7) is 9.78. The summed E-state index contributed by atoms with van der Waals surface area (Å²) in [6, 6.07) is 3.93. The molecular weight excluding hydrogens is 320 g/mol. The zero-order valence-corrected chi connectivity index (χ0v) is 15.4. The minimum Gasteiger partial charge on any atom is -0.461 e. The molecule has 0 spiro atoms. The second-order valence-electron chi connectivity index (χ2n) is 6.87. The first kappa shape index (κ1) is 17.7. The first-order valence-electron chi connectivity index (χ1n) is 8.88. The first-order chi connectivity index (χ1) is 11.9. The second-order valence-corrected chi connectivity index (χ2v) is 6.87. The van der Waals surface area contributed by atoms with Crippen molar-refractivity contribution in [3.8, 4) is 11.4 Å². The highest BCUT2D eigenvalue weighted by molar-refractivity contribution is 5.88. The summed E-state index contributed by atoms with van der Waals surface area (Å²) in [4.78, 5) is 12.2. The fourth-order valence-electron chi connectivity index (χ4n) is 3.38. The van der Waals surface area contributed by atoms with Gasteiger partial charge in [0.05, 0.1) is 29.6 Å². The summed E-state index contributed by atoms with van der Waals surface area (Å²) in [6.07, 6.45) is 3.47. The lowest BCUT2D eigenvalue weighted by Gasteiger charge is -2.36. The van der Waals surface area contributed by atoms with E-state index in [0.717, 1.165) is 30.8 Å². The molecule has 136 valence electrons. The van der Waals surface area contributed by atoms with Crippen LogP contribution in [0.1, 0.15) is 57.1 Å². The van der Waals surface area contributed by atoms with Gasteiger partial charge >= 0.3 is 5.97 Å². The van der Waals surface area contributed by atoms with Crippen molar-refractivity contribution in [1.82, 2.24) is 19.6 Å². The van der Waals surface area contributed by atoms with Gasteiger partial charge in [0.25, 0.3) is 0 Å². The molecule has 0 bridgehead atoms. The van der Waals surface area contributed by atoms with Crippen LogP contribution in [0.15, 0.2) is 18.3 Å². The number of hydrogen-bond donors (Lipinski definition) is 0. The van der Waals surface area contributed by atoms with E-state index in [4.69, 9.17) is 9.47 Å². The van der Waals surface area contributed by atoms with Gasteiger partial charge in [-0.15, -0.1) is 0 Å². The van der Waals surface area contributed by atoms with Crippen LogP contribution in [0.4, 0.5) is 0 Å². The number of rotatable bonds is 5. The van der Waals surface area contributed by atoms with Crippen LogP contribution < -0.4 is 0 Å². The molecule has 3 rings (SSSR count). The number of aryl methyl sites for hydroxylation is 1. The molecule has 7 heteroatoms. The number of carbonyl (C=O) groups is 1. The van der Waals surface area contributed by atoms with Crippen molar-refractivity contribution in [2.45, 2.75) is 58.7 Å². The highest BCUT2D eigenvalue weighted by Crippen LogP contribution is 2.35. The molecule has 25 heavy (non-hydrogen) atoms. The van der Waals surface area contributed by atoms with Crippen LogP contribution in [0.25, 0.3) is 11.4 Å². The van der Waals surface area contributed by atoms with Crippen LogP contribution in [-0.4, -0.2) is 44.3 Å². The second kappa shape index (κ2) is 7.00. The normalized spacial score (nSPS) is 19.8.